The van der Waals surface area contributed by atoms with Gasteiger partial charge in [-0.2, -0.15) is 0 Å². The molecule has 2 aliphatic rings. The third kappa shape index (κ3) is 5.88. The van der Waals surface area contributed by atoms with E-state index >= 15 is 0 Å². The summed E-state index contributed by atoms with van der Waals surface area (Å²) in [6.07, 6.45) is 1.43. The molecule has 2 aliphatic heterocycles. The minimum atomic E-state index is -0.465. The number of piperazine rings is 1. The zero-order valence-electron chi connectivity index (χ0n) is 14.7. The summed E-state index contributed by atoms with van der Waals surface area (Å²) in [6.45, 7) is 8.62. The number of hydrogen-bond donors (Lipinski definition) is 1. The van der Waals surface area contributed by atoms with Gasteiger partial charge in [0.2, 0.25) is 5.91 Å². The highest BCUT2D eigenvalue weighted by Gasteiger charge is 2.33. The molecule has 24 heavy (non-hydrogen) atoms. The largest absolute Gasteiger partial charge is 0.379 e. The number of halogens is 1. The second kappa shape index (κ2) is 10.9. The van der Waals surface area contributed by atoms with E-state index in [0.717, 1.165) is 32.5 Å². The van der Waals surface area contributed by atoms with Crippen LogP contribution in [-0.4, -0.2) is 86.3 Å². The minimum absolute atomic E-state index is 0. The summed E-state index contributed by atoms with van der Waals surface area (Å²) >= 11 is 0. The van der Waals surface area contributed by atoms with E-state index in [0.29, 0.717) is 32.9 Å². The number of likely N-dealkylation sites (tertiary alicyclic amines) is 1. The number of rotatable bonds is 7. The van der Waals surface area contributed by atoms with Crippen LogP contribution in [0.5, 0.6) is 0 Å². The monoisotopic (exact) mass is 363 g/mol. The molecule has 0 bridgehead atoms. The van der Waals surface area contributed by atoms with E-state index in [1.165, 1.54) is 0 Å². The number of ether oxygens (including phenoxy) is 2. The molecule has 0 spiro atoms. The third-order valence-corrected chi connectivity index (χ3v) is 4.42. The lowest BCUT2D eigenvalue weighted by atomic mass is 10.0. The molecule has 0 saturated carbocycles. The van der Waals surface area contributed by atoms with Gasteiger partial charge >= 0.3 is 0 Å². The van der Waals surface area contributed by atoms with Crippen molar-refractivity contribution >= 4 is 24.2 Å². The van der Waals surface area contributed by atoms with Crippen LogP contribution in [0.2, 0.25) is 0 Å². The first-order valence-electron chi connectivity index (χ1n) is 8.61. The number of hydrogen-bond acceptors (Lipinski definition) is 5. The molecule has 1 N–H and O–H groups in total. The van der Waals surface area contributed by atoms with Gasteiger partial charge in [0.05, 0.1) is 19.8 Å². The summed E-state index contributed by atoms with van der Waals surface area (Å²) in [7, 11) is 0. The Kier molecular flexibility index (Phi) is 9.58. The predicted molar refractivity (Wildman–Crippen MR) is 93.3 cm³/mol. The molecular formula is C16H30ClN3O4. The van der Waals surface area contributed by atoms with Crippen molar-refractivity contribution in [2.45, 2.75) is 38.8 Å². The van der Waals surface area contributed by atoms with E-state index < -0.39 is 6.10 Å². The first-order chi connectivity index (χ1) is 11.1. The number of nitrogens with one attached hydrogen (secondary N) is 1. The second-order valence-corrected chi connectivity index (χ2v) is 6.05. The third-order valence-electron chi connectivity index (χ3n) is 4.42. The van der Waals surface area contributed by atoms with Gasteiger partial charge in [-0.1, -0.05) is 0 Å². The Morgan fingerprint density at radius 3 is 2.88 bits per heavy atom. The smallest absolute Gasteiger partial charge is 0.251 e. The lowest BCUT2D eigenvalue weighted by Crippen LogP contribution is -2.58. The average Bonchev–Trinajstić information content (AvgIpc) is 2.58. The fourth-order valence-corrected chi connectivity index (χ4v) is 3.17. The van der Waals surface area contributed by atoms with Crippen LogP contribution in [0.25, 0.3) is 0 Å². The molecule has 2 rings (SSSR count). The van der Waals surface area contributed by atoms with E-state index in [2.05, 4.69) is 5.32 Å². The van der Waals surface area contributed by atoms with Gasteiger partial charge in [-0.3, -0.25) is 9.59 Å². The van der Waals surface area contributed by atoms with Crippen LogP contribution in [-0.2, 0) is 19.1 Å². The molecule has 0 radical (unpaired) electrons. The number of carbonyl (C=O) groups excluding carboxylic acids is 2. The molecule has 0 aliphatic carbocycles. The fourth-order valence-electron chi connectivity index (χ4n) is 3.17. The average molecular weight is 364 g/mol. The number of carbonyl (C=O) groups is 2. The maximum atomic E-state index is 12.5. The quantitative estimate of drug-likeness (QED) is 0.657. The Bertz CT molecular complexity index is 411. The number of piperidine rings is 1. The highest BCUT2D eigenvalue weighted by Crippen LogP contribution is 2.18. The van der Waals surface area contributed by atoms with E-state index in [1.54, 1.807) is 6.92 Å². The summed E-state index contributed by atoms with van der Waals surface area (Å²) in [4.78, 5) is 28.3. The number of nitrogens with zero attached hydrogens (tertiary/aromatic N) is 2. The summed E-state index contributed by atoms with van der Waals surface area (Å²) < 4.78 is 10.8. The van der Waals surface area contributed by atoms with Gasteiger partial charge in [-0.05, 0) is 26.7 Å². The molecule has 0 aromatic carbocycles. The standard InChI is InChI=1S/C16H29N3O4.ClH/c1-3-22-9-10-23-13(2)16(21)18-7-4-5-14(12-18)19-8-6-17-11-15(19)20;/h13-14,17H,3-12H2,1-2H3;1H. The first kappa shape index (κ1) is 21.2. The van der Waals surface area contributed by atoms with Gasteiger partial charge in [0.25, 0.3) is 5.91 Å². The molecular weight excluding hydrogens is 334 g/mol. The van der Waals surface area contributed by atoms with E-state index in [1.807, 2.05) is 16.7 Å². The highest BCUT2D eigenvalue weighted by molar-refractivity contribution is 5.85. The minimum Gasteiger partial charge on any atom is -0.379 e. The Morgan fingerprint density at radius 2 is 2.17 bits per heavy atom. The Balaban J connectivity index is 0.00000288. The van der Waals surface area contributed by atoms with Crippen LogP contribution in [0, 0.1) is 0 Å². The fraction of sp³-hybridized carbons (Fsp3) is 0.875. The van der Waals surface area contributed by atoms with Crippen LogP contribution in [0.3, 0.4) is 0 Å². The van der Waals surface area contributed by atoms with Gasteiger partial charge in [-0.15, -0.1) is 12.4 Å². The summed E-state index contributed by atoms with van der Waals surface area (Å²) in [5, 5.41) is 3.09. The molecule has 8 heteroatoms. The topological polar surface area (TPSA) is 71.1 Å². The zero-order chi connectivity index (χ0) is 16.7. The van der Waals surface area contributed by atoms with Crippen molar-refractivity contribution in [2.24, 2.45) is 0 Å². The Hall–Kier alpha value is -0.890. The van der Waals surface area contributed by atoms with Gasteiger partial charge < -0.3 is 24.6 Å². The van der Waals surface area contributed by atoms with E-state index in [-0.39, 0.29) is 30.3 Å². The van der Waals surface area contributed by atoms with E-state index in [4.69, 9.17) is 9.47 Å². The van der Waals surface area contributed by atoms with Crippen LogP contribution >= 0.6 is 12.4 Å². The molecule has 2 fully saturated rings. The predicted octanol–water partition coefficient (Wildman–Crippen LogP) is 0.273. The van der Waals surface area contributed by atoms with Crippen molar-refractivity contribution in [1.82, 2.24) is 15.1 Å². The van der Waals surface area contributed by atoms with Crippen molar-refractivity contribution in [3.8, 4) is 0 Å². The van der Waals surface area contributed by atoms with Crippen molar-refractivity contribution in [1.29, 1.82) is 0 Å². The Labute approximate surface area is 150 Å². The zero-order valence-corrected chi connectivity index (χ0v) is 15.5. The SMILES string of the molecule is CCOCCOC(C)C(=O)N1CCCC(N2CCNCC2=O)C1.Cl. The van der Waals surface area contributed by atoms with Crippen LogP contribution in [0.1, 0.15) is 26.7 Å². The maximum Gasteiger partial charge on any atom is 0.251 e. The highest BCUT2D eigenvalue weighted by atomic mass is 35.5. The van der Waals surface area contributed by atoms with Gasteiger partial charge in [-0.25, -0.2) is 0 Å². The van der Waals surface area contributed by atoms with Crippen molar-refractivity contribution in [3.05, 3.63) is 0 Å². The Morgan fingerprint density at radius 1 is 1.38 bits per heavy atom. The molecule has 2 saturated heterocycles. The first-order valence-corrected chi connectivity index (χ1v) is 8.61. The van der Waals surface area contributed by atoms with E-state index in [9.17, 15) is 9.59 Å². The molecule has 7 nitrogen and oxygen atoms in total. The van der Waals surface area contributed by atoms with Crippen molar-refractivity contribution in [2.75, 3.05) is 52.5 Å². The molecule has 2 unspecified atom stereocenters. The second-order valence-electron chi connectivity index (χ2n) is 6.05. The van der Waals surface area contributed by atoms with Crippen molar-refractivity contribution in [3.63, 3.8) is 0 Å². The maximum absolute atomic E-state index is 12.5. The summed E-state index contributed by atoms with van der Waals surface area (Å²) in [5.41, 5.74) is 0. The lowest BCUT2D eigenvalue weighted by molar-refractivity contribution is -0.148. The molecule has 2 heterocycles. The molecule has 0 aromatic rings. The lowest BCUT2D eigenvalue weighted by Gasteiger charge is -2.41. The van der Waals surface area contributed by atoms with Crippen molar-refractivity contribution < 1.29 is 19.1 Å². The number of amides is 2. The van der Waals surface area contributed by atoms with Crippen LogP contribution in [0.4, 0.5) is 0 Å². The van der Waals surface area contributed by atoms with Crippen LogP contribution in [0.15, 0.2) is 0 Å². The molecule has 140 valence electrons. The molecule has 2 amide bonds. The summed E-state index contributed by atoms with van der Waals surface area (Å²) in [5.74, 6) is 0.144. The van der Waals surface area contributed by atoms with Gasteiger partial charge in [0.1, 0.15) is 6.10 Å². The van der Waals surface area contributed by atoms with Crippen LogP contribution < -0.4 is 5.32 Å². The molecule has 2 atom stereocenters. The van der Waals surface area contributed by atoms with Gasteiger partial charge in [0.15, 0.2) is 0 Å². The summed E-state index contributed by atoms with van der Waals surface area (Å²) in [6, 6.07) is 0.137. The normalized spacial score (nSPS) is 22.9. The van der Waals surface area contributed by atoms with Gasteiger partial charge in [0, 0.05) is 38.8 Å². The molecule has 0 aromatic heterocycles.